The van der Waals surface area contributed by atoms with Crippen molar-refractivity contribution in [2.75, 3.05) is 27.3 Å². The molecule has 9 rings (SSSR count). The Bertz CT molecular complexity index is 2770. The molecule has 4 amide bonds. The number of halogens is 2. The molecular formula is C48H48F2N8O6. The van der Waals surface area contributed by atoms with Crippen LogP contribution < -0.4 is 10.6 Å². The molecule has 0 saturated carbocycles. The van der Waals surface area contributed by atoms with E-state index in [0.29, 0.717) is 87.7 Å². The summed E-state index contributed by atoms with van der Waals surface area (Å²) < 4.78 is 42.7. The summed E-state index contributed by atoms with van der Waals surface area (Å²) >= 11 is 0. The average molecular weight is 871 g/mol. The number of aromatic amines is 2. The molecule has 4 atom stereocenters. The molecule has 4 aromatic carbocycles. The van der Waals surface area contributed by atoms with Crippen molar-refractivity contribution in [1.29, 1.82) is 0 Å². The van der Waals surface area contributed by atoms with Crippen molar-refractivity contribution in [2.24, 2.45) is 5.92 Å². The third-order valence-electron chi connectivity index (χ3n) is 12.7. The number of carbonyl (C=O) groups excluding carboxylic acids is 4. The smallest absolute Gasteiger partial charge is 0.407 e. The molecule has 2 aromatic heterocycles. The van der Waals surface area contributed by atoms with Gasteiger partial charge in [0.15, 0.2) is 0 Å². The standard InChI is InChI=1S/C48H48F2N8O6/c1-26(2)40(55-46(61)63-3)44(59)57-20-8-12-38(57)42-51-25-37(54-42)30-15-18-32-31-17-14-28(22-33(31)48(49,50)34(32)23-30)29-16-19-35-36(24-29)53-43(52-35)39-13-9-21-58(39)45(60)41(56-47(62)64-4)27-10-6-5-7-11-27/h5-7,10-11,14-19,22-26,38-41H,8-9,12-13,20-21H2,1-4H3,(H,51,54)(H,52,53)(H,55,61)(H,56,62)/t38?,39-,40-,41+/m0/s1. The van der Waals surface area contributed by atoms with E-state index in [1.54, 1.807) is 64.5 Å². The number of hydrogen-bond donors (Lipinski definition) is 4. The van der Waals surface area contributed by atoms with Crippen molar-refractivity contribution >= 4 is 35.0 Å². The Kier molecular flexibility index (Phi) is 11.1. The predicted molar refractivity (Wildman–Crippen MR) is 234 cm³/mol. The van der Waals surface area contributed by atoms with E-state index in [0.717, 1.165) is 12.8 Å². The second kappa shape index (κ2) is 16.9. The topological polar surface area (TPSA) is 175 Å². The molecule has 64 heavy (non-hydrogen) atoms. The number of fused-ring (bicyclic) bond motifs is 4. The average Bonchev–Trinajstić information content (AvgIpc) is 4.17. The second-order valence-corrected chi connectivity index (χ2v) is 16.8. The van der Waals surface area contributed by atoms with Crippen molar-refractivity contribution in [1.82, 2.24) is 40.4 Å². The number of H-pyrrole nitrogens is 2. The van der Waals surface area contributed by atoms with E-state index in [1.165, 1.54) is 20.3 Å². The summed E-state index contributed by atoms with van der Waals surface area (Å²) in [5.41, 5.74) is 5.09. The van der Waals surface area contributed by atoms with Crippen LogP contribution in [0.25, 0.3) is 44.5 Å². The number of rotatable bonds is 10. The SMILES string of the molecule is COC(=O)N[C@H](C(=O)N1CCCC1c1ncc(-c2ccc3c(c2)C(F)(F)c2cc(-c4ccc5nc([C@@H]6CCCN6C(=O)[C@H](NC(=O)OC)c6ccccc6)[nH]c5c4)ccc2-3)[nH]1)C(C)C. The van der Waals surface area contributed by atoms with Gasteiger partial charge in [0.1, 0.15) is 23.7 Å². The van der Waals surface area contributed by atoms with Crippen LogP contribution in [0.1, 0.15) is 86.0 Å². The number of nitrogens with zero attached hydrogens (tertiary/aromatic N) is 4. The molecule has 16 heteroatoms. The summed E-state index contributed by atoms with van der Waals surface area (Å²) in [7, 11) is 2.50. The monoisotopic (exact) mass is 870 g/mol. The van der Waals surface area contributed by atoms with Crippen molar-refractivity contribution < 1.29 is 37.4 Å². The quantitative estimate of drug-likeness (QED) is 0.106. The van der Waals surface area contributed by atoms with Gasteiger partial charge in [0.05, 0.1) is 49.2 Å². The first-order valence-electron chi connectivity index (χ1n) is 21.4. The van der Waals surface area contributed by atoms with Gasteiger partial charge in [-0.3, -0.25) is 9.59 Å². The molecule has 3 aliphatic rings. The lowest BCUT2D eigenvalue weighted by molar-refractivity contribution is -0.135. The number of hydrogen-bond acceptors (Lipinski definition) is 8. The van der Waals surface area contributed by atoms with Gasteiger partial charge in [-0.15, -0.1) is 0 Å². The van der Waals surface area contributed by atoms with E-state index in [4.69, 9.17) is 14.5 Å². The Balaban J connectivity index is 0.939. The van der Waals surface area contributed by atoms with Gasteiger partial charge in [0.2, 0.25) is 5.91 Å². The number of nitrogens with one attached hydrogen (secondary N) is 4. The maximum Gasteiger partial charge on any atom is 0.407 e. The number of aromatic nitrogens is 4. The number of amides is 4. The molecule has 2 saturated heterocycles. The first-order chi connectivity index (χ1) is 30.9. The number of alkyl halides is 2. The summed E-state index contributed by atoms with van der Waals surface area (Å²) in [6.45, 7) is 4.67. The Labute approximate surface area is 367 Å². The molecule has 0 radical (unpaired) electrons. The normalized spacial score (nSPS) is 18.4. The van der Waals surface area contributed by atoms with Gasteiger partial charge in [-0.25, -0.2) is 19.6 Å². The lowest BCUT2D eigenvalue weighted by atomic mass is 9.98. The van der Waals surface area contributed by atoms with Crippen LogP contribution in [0, 0.1) is 5.92 Å². The van der Waals surface area contributed by atoms with Crippen LogP contribution >= 0.6 is 0 Å². The number of likely N-dealkylation sites (tertiary alicyclic amines) is 2. The van der Waals surface area contributed by atoms with Crippen LogP contribution in [0.4, 0.5) is 18.4 Å². The molecule has 1 unspecified atom stereocenters. The van der Waals surface area contributed by atoms with E-state index in [1.807, 2.05) is 44.2 Å². The largest absolute Gasteiger partial charge is 0.453 e. The number of carbonyl (C=O) groups is 4. The van der Waals surface area contributed by atoms with Crippen LogP contribution in [0.15, 0.2) is 91.1 Å². The van der Waals surface area contributed by atoms with Gasteiger partial charge < -0.3 is 39.9 Å². The van der Waals surface area contributed by atoms with Gasteiger partial charge in [-0.05, 0) is 83.7 Å². The van der Waals surface area contributed by atoms with E-state index in [9.17, 15) is 19.2 Å². The molecule has 0 bridgehead atoms. The maximum atomic E-state index is 16.6. The van der Waals surface area contributed by atoms with Crippen molar-refractivity contribution in [2.45, 2.75) is 69.6 Å². The van der Waals surface area contributed by atoms with Crippen LogP contribution in [-0.2, 0) is 25.0 Å². The van der Waals surface area contributed by atoms with E-state index >= 15 is 8.78 Å². The van der Waals surface area contributed by atoms with Crippen LogP contribution in [0.5, 0.6) is 0 Å². The maximum absolute atomic E-state index is 16.6. The van der Waals surface area contributed by atoms with Crippen LogP contribution in [-0.4, -0.2) is 87.1 Å². The van der Waals surface area contributed by atoms with Crippen LogP contribution in [0.3, 0.4) is 0 Å². The number of imidazole rings is 2. The Hall–Kier alpha value is -7.10. The van der Waals surface area contributed by atoms with Gasteiger partial charge in [0.25, 0.3) is 11.8 Å². The Morgan fingerprint density at radius 2 is 1.33 bits per heavy atom. The molecule has 0 spiro atoms. The summed E-state index contributed by atoms with van der Waals surface area (Å²) in [4.78, 5) is 71.6. The summed E-state index contributed by atoms with van der Waals surface area (Å²) in [6.07, 6.45) is 3.01. The zero-order chi connectivity index (χ0) is 44.9. The van der Waals surface area contributed by atoms with Gasteiger partial charge in [0, 0.05) is 29.8 Å². The van der Waals surface area contributed by atoms with Crippen LogP contribution in [0.2, 0.25) is 0 Å². The van der Waals surface area contributed by atoms with Crippen molar-refractivity contribution in [3.05, 3.63) is 119 Å². The molecular weight excluding hydrogens is 823 g/mol. The van der Waals surface area contributed by atoms with Gasteiger partial charge >= 0.3 is 12.2 Å². The minimum absolute atomic E-state index is 0.0955. The van der Waals surface area contributed by atoms with Crippen molar-refractivity contribution in [3.8, 4) is 33.5 Å². The highest BCUT2D eigenvalue weighted by atomic mass is 19.3. The summed E-state index contributed by atoms with van der Waals surface area (Å²) in [5.74, 6) is -2.86. The zero-order valence-corrected chi connectivity index (χ0v) is 35.8. The molecule has 6 aromatic rings. The van der Waals surface area contributed by atoms with E-state index in [-0.39, 0.29) is 40.9 Å². The highest BCUT2D eigenvalue weighted by Gasteiger charge is 2.45. The molecule has 4 N–H and O–H groups in total. The number of ether oxygens (including phenoxy) is 2. The third kappa shape index (κ3) is 7.60. The lowest BCUT2D eigenvalue weighted by Crippen LogP contribution is -2.51. The summed E-state index contributed by atoms with van der Waals surface area (Å²) in [5, 5.41) is 5.34. The zero-order valence-electron chi connectivity index (χ0n) is 35.8. The van der Waals surface area contributed by atoms with Gasteiger partial charge in [-0.2, -0.15) is 8.78 Å². The summed E-state index contributed by atoms with van der Waals surface area (Å²) in [6, 6.07) is 22.2. The van der Waals surface area contributed by atoms with E-state index in [2.05, 4.69) is 25.6 Å². The molecule has 4 heterocycles. The predicted octanol–water partition coefficient (Wildman–Crippen LogP) is 8.55. The Morgan fingerprint density at radius 1 is 0.734 bits per heavy atom. The molecule has 2 aliphatic heterocycles. The molecule has 1 aliphatic carbocycles. The third-order valence-corrected chi connectivity index (χ3v) is 12.7. The minimum Gasteiger partial charge on any atom is -0.453 e. The number of alkyl carbamates (subject to hydrolysis) is 2. The molecule has 2 fully saturated rings. The fraction of sp³-hybridized carbons (Fsp3) is 0.333. The number of methoxy groups -OCH3 is 2. The van der Waals surface area contributed by atoms with Gasteiger partial charge in [-0.1, -0.05) is 74.5 Å². The lowest BCUT2D eigenvalue weighted by Gasteiger charge is -2.30. The highest BCUT2D eigenvalue weighted by molar-refractivity contribution is 5.89. The second-order valence-electron chi connectivity index (χ2n) is 16.8. The Morgan fingerprint density at radius 3 is 2.00 bits per heavy atom. The minimum atomic E-state index is -3.29. The first kappa shape index (κ1) is 42.2. The molecule has 330 valence electrons. The molecule has 14 nitrogen and oxygen atoms in total. The highest BCUT2D eigenvalue weighted by Crippen LogP contribution is 2.53. The fourth-order valence-corrected chi connectivity index (χ4v) is 9.37. The van der Waals surface area contributed by atoms with Crippen molar-refractivity contribution in [3.63, 3.8) is 0 Å². The fourth-order valence-electron chi connectivity index (χ4n) is 9.37. The number of benzene rings is 4. The van der Waals surface area contributed by atoms with E-state index < -0.39 is 30.2 Å². The first-order valence-corrected chi connectivity index (χ1v) is 21.4.